The van der Waals surface area contributed by atoms with Gasteiger partial charge in [-0.15, -0.1) is 11.8 Å². The number of nitrogens with zero attached hydrogens (tertiary/aromatic N) is 2. The van der Waals surface area contributed by atoms with E-state index in [0.717, 1.165) is 36.7 Å². The van der Waals surface area contributed by atoms with Crippen molar-refractivity contribution in [3.8, 4) is 5.75 Å². The fourth-order valence-corrected chi connectivity index (χ4v) is 3.66. The van der Waals surface area contributed by atoms with Gasteiger partial charge in [0.05, 0.1) is 0 Å². The third-order valence-electron chi connectivity index (χ3n) is 3.69. The van der Waals surface area contributed by atoms with Crippen LogP contribution in [-0.2, 0) is 13.0 Å². The van der Waals surface area contributed by atoms with Gasteiger partial charge in [0.15, 0.2) is 0 Å². The number of aromatic nitrogens is 2. The SMILES string of the molecule is CCCn1ccnc1CC(N)C1CSc2ccccc2O1. The number of hydrogen-bond donors (Lipinski definition) is 1. The summed E-state index contributed by atoms with van der Waals surface area (Å²) in [7, 11) is 0. The lowest BCUT2D eigenvalue weighted by Crippen LogP contribution is -2.44. The molecule has 2 N–H and O–H groups in total. The first-order valence-electron chi connectivity index (χ1n) is 7.42. The lowest BCUT2D eigenvalue weighted by atomic mass is 10.1. The van der Waals surface area contributed by atoms with Crippen LogP contribution in [0.4, 0.5) is 0 Å². The van der Waals surface area contributed by atoms with Gasteiger partial charge in [-0.1, -0.05) is 19.1 Å². The number of rotatable bonds is 5. The normalized spacial score (nSPS) is 18.9. The second-order valence-corrected chi connectivity index (χ2v) is 6.38. The molecule has 0 fully saturated rings. The average Bonchev–Trinajstić information content (AvgIpc) is 2.94. The summed E-state index contributed by atoms with van der Waals surface area (Å²) in [5.41, 5.74) is 6.37. The Balaban J connectivity index is 1.66. The van der Waals surface area contributed by atoms with Crippen molar-refractivity contribution in [2.45, 2.75) is 43.4 Å². The largest absolute Gasteiger partial charge is 0.487 e. The molecule has 1 aliphatic heterocycles. The van der Waals surface area contributed by atoms with Gasteiger partial charge in [-0.05, 0) is 18.6 Å². The Morgan fingerprint density at radius 1 is 1.48 bits per heavy atom. The summed E-state index contributed by atoms with van der Waals surface area (Å²) >= 11 is 1.82. The monoisotopic (exact) mass is 303 g/mol. The summed E-state index contributed by atoms with van der Waals surface area (Å²) in [5.74, 6) is 2.90. The van der Waals surface area contributed by atoms with E-state index in [9.17, 15) is 0 Å². The summed E-state index contributed by atoms with van der Waals surface area (Å²) in [6, 6.07) is 8.11. The number of ether oxygens (including phenoxy) is 1. The zero-order valence-corrected chi connectivity index (χ0v) is 13.1. The van der Waals surface area contributed by atoms with E-state index in [1.165, 1.54) is 4.90 Å². The fraction of sp³-hybridized carbons (Fsp3) is 0.438. The molecule has 3 rings (SSSR count). The number of nitrogens with two attached hydrogens (primary N) is 1. The summed E-state index contributed by atoms with van der Waals surface area (Å²) in [6.07, 6.45) is 5.76. The first-order valence-corrected chi connectivity index (χ1v) is 8.40. The molecule has 1 aromatic heterocycles. The molecular weight excluding hydrogens is 282 g/mol. The van der Waals surface area contributed by atoms with E-state index in [0.29, 0.717) is 0 Å². The van der Waals surface area contributed by atoms with E-state index >= 15 is 0 Å². The number of hydrogen-bond acceptors (Lipinski definition) is 4. The second kappa shape index (κ2) is 6.54. The Hall–Kier alpha value is -1.46. The molecule has 0 bridgehead atoms. The van der Waals surface area contributed by atoms with Gasteiger partial charge in [0.2, 0.25) is 0 Å². The van der Waals surface area contributed by atoms with Gasteiger partial charge in [-0.2, -0.15) is 0 Å². The van der Waals surface area contributed by atoms with Crippen LogP contribution in [0.25, 0.3) is 0 Å². The Bertz CT molecular complexity index is 599. The predicted molar refractivity (Wildman–Crippen MR) is 85.8 cm³/mol. The number of imidazole rings is 1. The summed E-state index contributed by atoms with van der Waals surface area (Å²) in [6.45, 7) is 3.16. The van der Waals surface area contributed by atoms with Gasteiger partial charge in [0.1, 0.15) is 17.7 Å². The Labute approximate surface area is 129 Å². The zero-order valence-electron chi connectivity index (χ0n) is 12.2. The van der Waals surface area contributed by atoms with E-state index in [2.05, 4.69) is 22.5 Å². The maximum Gasteiger partial charge on any atom is 0.133 e. The van der Waals surface area contributed by atoms with Crippen LogP contribution in [0.1, 0.15) is 19.2 Å². The van der Waals surface area contributed by atoms with E-state index in [4.69, 9.17) is 10.5 Å². The van der Waals surface area contributed by atoms with Crippen molar-refractivity contribution in [2.75, 3.05) is 5.75 Å². The topological polar surface area (TPSA) is 53.1 Å². The lowest BCUT2D eigenvalue weighted by molar-refractivity contribution is 0.182. The summed E-state index contributed by atoms with van der Waals surface area (Å²) in [4.78, 5) is 5.64. The highest BCUT2D eigenvalue weighted by atomic mass is 32.2. The molecule has 5 heteroatoms. The molecule has 0 spiro atoms. The van der Waals surface area contributed by atoms with Crippen molar-refractivity contribution in [1.82, 2.24) is 9.55 Å². The van der Waals surface area contributed by atoms with Crippen LogP contribution < -0.4 is 10.5 Å². The third-order valence-corrected chi connectivity index (χ3v) is 4.84. The molecule has 0 amide bonds. The third kappa shape index (κ3) is 3.24. The van der Waals surface area contributed by atoms with Gasteiger partial charge < -0.3 is 15.0 Å². The molecule has 1 aromatic carbocycles. The Morgan fingerprint density at radius 2 is 2.33 bits per heavy atom. The minimum Gasteiger partial charge on any atom is -0.487 e. The van der Waals surface area contributed by atoms with Crippen LogP contribution in [-0.4, -0.2) is 27.4 Å². The van der Waals surface area contributed by atoms with E-state index in [1.54, 1.807) is 0 Å². The predicted octanol–water partition coefficient (Wildman–Crippen LogP) is 2.72. The first-order chi connectivity index (χ1) is 10.3. The highest BCUT2D eigenvalue weighted by molar-refractivity contribution is 7.99. The van der Waals surface area contributed by atoms with Crippen LogP contribution in [0.3, 0.4) is 0 Å². The molecule has 0 saturated carbocycles. The molecule has 2 unspecified atom stereocenters. The zero-order chi connectivity index (χ0) is 14.7. The van der Waals surface area contributed by atoms with Gasteiger partial charge in [-0.3, -0.25) is 0 Å². The Kier molecular flexibility index (Phi) is 4.51. The average molecular weight is 303 g/mol. The van der Waals surface area contributed by atoms with Crippen molar-refractivity contribution < 1.29 is 4.74 Å². The molecule has 4 nitrogen and oxygen atoms in total. The molecule has 112 valence electrons. The van der Waals surface area contributed by atoms with Crippen LogP contribution in [0.15, 0.2) is 41.6 Å². The molecule has 2 heterocycles. The molecule has 0 saturated heterocycles. The molecule has 0 aliphatic carbocycles. The lowest BCUT2D eigenvalue weighted by Gasteiger charge is -2.29. The molecule has 21 heavy (non-hydrogen) atoms. The van der Waals surface area contributed by atoms with E-state index < -0.39 is 0 Å². The number of aryl methyl sites for hydroxylation is 1. The first kappa shape index (κ1) is 14.5. The van der Waals surface area contributed by atoms with Crippen LogP contribution in [0.5, 0.6) is 5.75 Å². The van der Waals surface area contributed by atoms with E-state index in [1.807, 2.05) is 42.4 Å². The van der Waals surface area contributed by atoms with Gasteiger partial charge in [0, 0.05) is 42.0 Å². The number of para-hydroxylation sites is 1. The van der Waals surface area contributed by atoms with Crippen molar-refractivity contribution in [3.05, 3.63) is 42.5 Å². The van der Waals surface area contributed by atoms with Crippen LogP contribution in [0.2, 0.25) is 0 Å². The number of fused-ring (bicyclic) bond motifs is 1. The molecular formula is C16H21N3OS. The standard InChI is InChI=1S/C16H21N3OS/c1-2-8-19-9-7-18-16(19)10-12(17)14-11-21-15-6-4-3-5-13(15)20-14/h3-7,9,12,14H,2,8,10-11,17H2,1H3. The highest BCUT2D eigenvalue weighted by Crippen LogP contribution is 2.35. The number of thioether (sulfide) groups is 1. The Morgan fingerprint density at radius 3 is 3.19 bits per heavy atom. The second-order valence-electron chi connectivity index (χ2n) is 5.32. The van der Waals surface area contributed by atoms with Gasteiger partial charge in [-0.25, -0.2) is 4.98 Å². The number of benzene rings is 1. The van der Waals surface area contributed by atoms with Crippen molar-refractivity contribution in [2.24, 2.45) is 5.73 Å². The van der Waals surface area contributed by atoms with Gasteiger partial charge >= 0.3 is 0 Å². The molecule has 2 aromatic rings. The van der Waals surface area contributed by atoms with Crippen molar-refractivity contribution in [1.29, 1.82) is 0 Å². The molecule has 1 aliphatic rings. The van der Waals surface area contributed by atoms with Crippen LogP contribution in [0, 0.1) is 0 Å². The quantitative estimate of drug-likeness (QED) is 0.923. The summed E-state index contributed by atoms with van der Waals surface area (Å²) in [5, 5.41) is 0. The molecule has 0 radical (unpaired) electrons. The smallest absolute Gasteiger partial charge is 0.133 e. The fourth-order valence-electron chi connectivity index (χ4n) is 2.56. The van der Waals surface area contributed by atoms with Crippen molar-refractivity contribution >= 4 is 11.8 Å². The van der Waals surface area contributed by atoms with Crippen LogP contribution >= 0.6 is 11.8 Å². The van der Waals surface area contributed by atoms with E-state index in [-0.39, 0.29) is 12.1 Å². The van der Waals surface area contributed by atoms with Gasteiger partial charge in [0.25, 0.3) is 0 Å². The maximum atomic E-state index is 6.37. The molecule has 2 atom stereocenters. The minimum absolute atomic E-state index is 0.0381. The van der Waals surface area contributed by atoms with Crippen molar-refractivity contribution in [3.63, 3.8) is 0 Å². The maximum absolute atomic E-state index is 6.37. The summed E-state index contributed by atoms with van der Waals surface area (Å²) < 4.78 is 8.24. The minimum atomic E-state index is -0.0381. The highest BCUT2D eigenvalue weighted by Gasteiger charge is 2.26.